The third-order valence-electron chi connectivity index (χ3n) is 4.34. The van der Waals surface area contributed by atoms with E-state index >= 15 is 0 Å². The topological polar surface area (TPSA) is 63.5 Å². The van der Waals surface area contributed by atoms with E-state index in [9.17, 15) is 4.79 Å². The van der Waals surface area contributed by atoms with Crippen LogP contribution in [-0.2, 0) is 4.74 Å². The third kappa shape index (κ3) is 2.20. The molecule has 7 nitrogen and oxygen atoms in total. The largest absolute Gasteiger partial charge is 0.378 e. The summed E-state index contributed by atoms with van der Waals surface area (Å²) in [5, 5.41) is 3.93. The van der Waals surface area contributed by atoms with E-state index in [1.165, 1.54) is 17.3 Å². The number of amides is 1. The molecule has 1 spiro atoms. The van der Waals surface area contributed by atoms with Gasteiger partial charge in [-0.1, -0.05) is 0 Å². The SMILES string of the molecule is CC(C)N1CCOCC2(CCN2C(=O)n2cncn2)C1. The number of nitrogens with zero attached hydrogens (tertiary/aromatic N) is 5. The second kappa shape index (κ2) is 5.14. The summed E-state index contributed by atoms with van der Waals surface area (Å²) in [6, 6.07) is 0.348. The van der Waals surface area contributed by atoms with Crippen LogP contribution in [0.5, 0.6) is 0 Å². The number of carbonyl (C=O) groups is 1. The summed E-state index contributed by atoms with van der Waals surface area (Å²) in [7, 11) is 0. The van der Waals surface area contributed by atoms with Gasteiger partial charge in [-0.15, -0.1) is 0 Å². The fourth-order valence-electron chi connectivity index (χ4n) is 2.97. The van der Waals surface area contributed by atoms with Gasteiger partial charge in [0.1, 0.15) is 12.7 Å². The quantitative estimate of drug-likeness (QED) is 0.746. The summed E-state index contributed by atoms with van der Waals surface area (Å²) >= 11 is 0. The number of hydrogen-bond acceptors (Lipinski definition) is 5. The molecule has 0 aromatic carbocycles. The molecule has 1 unspecified atom stereocenters. The van der Waals surface area contributed by atoms with Gasteiger partial charge in [-0.3, -0.25) is 4.90 Å². The summed E-state index contributed by atoms with van der Waals surface area (Å²) in [6.07, 6.45) is 3.82. The maximum atomic E-state index is 12.5. The average Bonchev–Trinajstić information content (AvgIpc) is 2.82. The minimum atomic E-state index is -0.205. The molecule has 2 saturated heterocycles. The Hall–Kier alpha value is -1.47. The molecular weight excluding hydrogens is 258 g/mol. The highest BCUT2D eigenvalue weighted by Gasteiger charge is 2.50. The van der Waals surface area contributed by atoms with Gasteiger partial charge in [0, 0.05) is 25.7 Å². The highest BCUT2D eigenvalue weighted by atomic mass is 16.5. The number of rotatable bonds is 1. The molecule has 0 saturated carbocycles. The van der Waals surface area contributed by atoms with Crippen molar-refractivity contribution in [2.45, 2.75) is 31.8 Å². The smallest absolute Gasteiger partial charge is 0.346 e. The molecule has 1 atom stereocenters. The van der Waals surface area contributed by atoms with Crippen molar-refractivity contribution in [2.24, 2.45) is 0 Å². The fourth-order valence-corrected chi connectivity index (χ4v) is 2.97. The molecule has 2 fully saturated rings. The van der Waals surface area contributed by atoms with Crippen molar-refractivity contribution in [3.05, 3.63) is 12.7 Å². The molecule has 7 heteroatoms. The van der Waals surface area contributed by atoms with Crippen LogP contribution in [0, 0.1) is 0 Å². The lowest BCUT2D eigenvalue weighted by molar-refractivity contribution is -0.0413. The number of carbonyl (C=O) groups excluding carboxylic acids is 1. The summed E-state index contributed by atoms with van der Waals surface area (Å²) < 4.78 is 7.05. The van der Waals surface area contributed by atoms with E-state index < -0.39 is 0 Å². The van der Waals surface area contributed by atoms with Gasteiger partial charge in [0.25, 0.3) is 0 Å². The molecule has 110 valence electrons. The Bertz CT molecular complexity index is 475. The summed E-state index contributed by atoms with van der Waals surface area (Å²) in [6.45, 7) is 8.24. The van der Waals surface area contributed by atoms with Gasteiger partial charge >= 0.3 is 6.03 Å². The normalized spacial score (nSPS) is 27.6. The van der Waals surface area contributed by atoms with Crippen LogP contribution >= 0.6 is 0 Å². The number of ether oxygens (including phenoxy) is 1. The zero-order chi connectivity index (χ0) is 14.2. The van der Waals surface area contributed by atoms with Crippen LogP contribution in [0.2, 0.25) is 0 Å². The third-order valence-corrected chi connectivity index (χ3v) is 4.34. The van der Waals surface area contributed by atoms with Crippen LogP contribution in [0.3, 0.4) is 0 Å². The van der Waals surface area contributed by atoms with Gasteiger partial charge in [-0.05, 0) is 20.3 Å². The first-order valence-corrected chi connectivity index (χ1v) is 7.11. The lowest BCUT2D eigenvalue weighted by Crippen LogP contribution is -2.69. The van der Waals surface area contributed by atoms with Crippen molar-refractivity contribution < 1.29 is 9.53 Å². The number of aromatic nitrogens is 3. The van der Waals surface area contributed by atoms with Gasteiger partial charge < -0.3 is 9.64 Å². The van der Waals surface area contributed by atoms with Crippen molar-refractivity contribution in [3.8, 4) is 0 Å². The minimum absolute atomic E-state index is 0.108. The lowest BCUT2D eigenvalue weighted by atomic mass is 9.85. The first-order valence-electron chi connectivity index (χ1n) is 7.11. The highest BCUT2D eigenvalue weighted by molar-refractivity contribution is 5.77. The van der Waals surface area contributed by atoms with Gasteiger partial charge in [0.05, 0.1) is 18.8 Å². The Kier molecular flexibility index (Phi) is 3.47. The summed E-state index contributed by atoms with van der Waals surface area (Å²) in [4.78, 5) is 20.6. The van der Waals surface area contributed by atoms with Crippen molar-refractivity contribution in [1.29, 1.82) is 0 Å². The second-order valence-electron chi connectivity index (χ2n) is 5.87. The molecule has 0 bridgehead atoms. The van der Waals surface area contributed by atoms with Crippen LogP contribution in [0.4, 0.5) is 4.79 Å². The van der Waals surface area contributed by atoms with Crippen molar-refractivity contribution >= 4 is 6.03 Å². The molecule has 1 aromatic rings. The predicted octanol–water partition coefficient (Wildman–Crippen LogP) is 0.431. The molecule has 2 aliphatic heterocycles. The first kappa shape index (κ1) is 13.5. The Morgan fingerprint density at radius 3 is 2.85 bits per heavy atom. The van der Waals surface area contributed by atoms with Crippen LogP contribution in [0.1, 0.15) is 20.3 Å². The zero-order valence-corrected chi connectivity index (χ0v) is 12.0. The number of likely N-dealkylation sites (tertiary alicyclic amines) is 1. The predicted molar refractivity (Wildman–Crippen MR) is 72.4 cm³/mol. The van der Waals surface area contributed by atoms with E-state index in [1.54, 1.807) is 0 Å². The van der Waals surface area contributed by atoms with Gasteiger partial charge in [-0.2, -0.15) is 9.78 Å². The highest BCUT2D eigenvalue weighted by Crippen LogP contribution is 2.34. The molecule has 20 heavy (non-hydrogen) atoms. The molecule has 3 rings (SSSR count). The molecule has 0 radical (unpaired) electrons. The van der Waals surface area contributed by atoms with Crippen LogP contribution in [0.15, 0.2) is 12.7 Å². The van der Waals surface area contributed by atoms with E-state index in [4.69, 9.17) is 4.74 Å². The molecule has 1 amide bonds. The lowest BCUT2D eigenvalue weighted by Gasteiger charge is -2.53. The summed E-state index contributed by atoms with van der Waals surface area (Å²) in [5.41, 5.74) is -0.205. The van der Waals surface area contributed by atoms with Crippen LogP contribution < -0.4 is 0 Å². The van der Waals surface area contributed by atoms with E-state index in [1.807, 2.05) is 4.90 Å². The molecule has 2 aliphatic rings. The van der Waals surface area contributed by atoms with E-state index in [2.05, 4.69) is 28.8 Å². The summed E-state index contributed by atoms with van der Waals surface area (Å²) in [5.74, 6) is 0. The Labute approximate surface area is 118 Å². The van der Waals surface area contributed by atoms with Gasteiger partial charge in [-0.25, -0.2) is 9.78 Å². The van der Waals surface area contributed by atoms with E-state index in [0.717, 1.165) is 32.7 Å². The Balaban J connectivity index is 1.79. The molecular formula is C13H21N5O2. The minimum Gasteiger partial charge on any atom is -0.378 e. The molecule has 0 N–H and O–H groups in total. The van der Waals surface area contributed by atoms with Gasteiger partial charge in [0.15, 0.2) is 0 Å². The van der Waals surface area contributed by atoms with Crippen LogP contribution in [0.25, 0.3) is 0 Å². The van der Waals surface area contributed by atoms with Crippen molar-refractivity contribution in [3.63, 3.8) is 0 Å². The Morgan fingerprint density at radius 1 is 1.40 bits per heavy atom. The number of hydrogen-bond donors (Lipinski definition) is 0. The maximum absolute atomic E-state index is 12.5. The standard InChI is InChI=1S/C13H21N5O2/c1-11(2)16-5-6-20-8-13(7-16)3-4-17(13)12(19)18-10-14-9-15-18/h9-11H,3-8H2,1-2H3. The van der Waals surface area contributed by atoms with Crippen LogP contribution in [-0.4, -0.2) is 75.0 Å². The average molecular weight is 279 g/mol. The Morgan fingerprint density at radius 2 is 2.25 bits per heavy atom. The molecule has 0 aliphatic carbocycles. The van der Waals surface area contributed by atoms with E-state index in [-0.39, 0.29) is 11.6 Å². The molecule has 1 aromatic heterocycles. The zero-order valence-electron chi connectivity index (χ0n) is 12.0. The van der Waals surface area contributed by atoms with Crippen molar-refractivity contribution in [1.82, 2.24) is 24.6 Å². The first-order chi connectivity index (χ1) is 9.62. The van der Waals surface area contributed by atoms with Crippen molar-refractivity contribution in [2.75, 3.05) is 32.8 Å². The second-order valence-corrected chi connectivity index (χ2v) is 5.87. The monoisotopic (exact) mass is 279 g/mol. The molecule has 3 heterocycles. The van der Waals surface area contributed by atoms with E-state index in [0.29, 0.717) is 12.6 Å². The van der Waals surface area contributed by atoms with Gasteiger partial charge in [0.2, 0.25) is 0 Å². The maximum Gasteiger partial charge on any atom is 0.346 e. The fraction of sp³-hybridized carbons (Fsp3) is 0.769.